The summed E-state index contributed by atoms with van der Waals surface area (Å²) in [5.74, 6) is 0. The molecule has 2 atom stereocenters. The largest absolute Gasteiger partial charge is 1.00 e. The fourth-order valence-electron chi connectivity index (χ4n) is 3.99. The van der Waals surface area contributed by atoms with E-state index in [1.807, 2.05) is 0 Å². The van der Waals surface area contributed by atoms with E-state index in [2.05, 4.69) is 6.92 Å². The first kappa shape index (κ1) is 33.7. The van der Waals surface area contributed by atoms with Crippen molar-refractivity contribution in [1.82, 2.24) is 0 Å². The van der Waals surface area contributed by atoms with Crippen molar-refractivity contribution in [2.24, 2.45) is 0 Å². The van der Waals surface area contributed by atoms with Crippen LogP contribution in [0.15, 0.2) is 0 Å². The van der Waals surface area contributed by atoms with Gasteiger partial charge in [0.1, 0.15) is 0 Å². The Balaban J connectivity index is 0. The van der Waals surface area contributed by atoms with Crippen LogP contribution in [0.4, 0.5) is 0 Å². The first-order chi connectivity index (χ1) is 13.9. The number of unbranched alkanes of at least 4 members (excludes halogenated alkanes) is 15. The number of rotatable bonds is 22. The Bertz CT molecular complexity index is 440. The maximum atomic E-state index is 11.5. The van der Waals surface area contributed by atoms with E-state index in [0.717, 1.165) is 44.9 Å². The zero-order valence-electron chi connectivity index (χ0n) is 20.4. The van der Waals surface area contributed by atoms with Crippen molar-refractivity contribution in [3.63, 3.8) is 0 Å². The predicted molar refractivity (Wildman–Crippen MR) is 123 cm³/mol. The van der Waals surface area contributed by atoms with Crippen molar-refractivity contribution >= 4 is 10.1 Å². The van der Waals surface area contributed by atoms with E-state index in [1.165, 1.54) is 70.6 Å². The van der Waals surface area contributed by atoms with Crippen LogP contribution in [0.25, 0.3) is 0 Å². The molecule has 0 spiro atoms. The molecular formula is C24H49KO4S. The van der Waals surface area contributed by atoms with Gasteiger partial charge in [0.15, 0.2) is 0 Å². The molecule has 0 fully saturated rings. The van der Waals surface area contributed by atoms with E-state index in [4.69, 9.17) is 0 Å². The SMILES string of the molecule is CCCCCCCCCCCCCCCCC(CCCCCC(C)O)S(=O)(=O)[O-].[K+]. The number of aliphatic hydroxyl groups is 1. The van der Waals surface area contributed by atoms with E-state index < -0.39 is 15.4 Å². The Hall–Kier alpha value is 1.51. The zero-order chi connectivity index (χ0) is 21.8. The standard InChI is InChI=1S/C24H50O4S.K/c1-3-4-5-6-7-8-9-10-11-12-13-14-15-18-21-24(29(26,27)28)22-19-16-17-20-23(2)25;/h23-25H,3-22H2,1-2H3,(H,26,27,28);/q;+1/p-1. The van der Waals surface area contributed by atoms with Gasteiger partial charge in [0.2, 0.25) is 0 Å². The third kappa shape index (κ3) is 24.2. The Kier molecular flexibility index (Phi) is 26.6. The molecular weight excluding hydrogens is 423 g/mol. The third-order valence-corrected chi connectivity index (χ3v) is 7.22. The van der Waals surface area contributed by atoms with Crippen LogP contribution in [0.3, 0.4) is 0 Å². The molecule has 0 amide bonds. The molecule has 0 rings (SSSR count). The Labute approximate surface area is 230 Å². The maximum Gasteiger partial charge on any atom is 1.00 e. The van der Waals surface area contributed by atoms with Crippen LogP contribution in [0, 0.1) is 0 Å². The van der Waals surface area contributed by atoms with Gasteiger partial charge in [-0.15, -0.1) is 0 Å². The molecule has 30 heavy (non-hydrogen) atoms. The molecule has 2 unspecified atom stereocenters. The first-order valence-corrected chi connectivity index (χ1v) is 14.0. The van der Waals surface area contributed by atoms with Gasteiger partial charge in [-0.25, -0.2) is 8.42 Å². The van der Waals surface area contributed by atoms with Gasteiger partial charge in [-0.2, -0.15) is 0 Å². The van der Waals surface area contributed by atoms with E-state index in [-0.39, 0.29) is 57.5 Å². The molecule has 1 N–H and O–H groups in total. The summed E-state index contributed by atoms with van der Waals surface area (Å²) in [6, 6.07) is 0. The molecule has 176 valence electrons. The van der Waals surface area contributed by atoms with E-state index in [9.17, 15) is 18.1 Å². The van der Waals surface area contributed by atoms with Gasteiger partial charge in [0.25, 0.3) is 0 Å². The van der Waals surface area contributed by atoms with Gasteiger partial charge < -0.3 is 9.66 Å². The van der Waals surface area contributed by atoms with Crippen molar-refractivity contribution in [1.29, 1.82) is 0 Å². The molecule has 0 aromatic carbocycles. The molecule has 0 aliphatic carbocycles. The minimum atomic E-state index is -4.19. The summed E-state index contributed by atoms with van der Waals surface area (Å²) in [6.45, 7) is 4.02. The normalized spacial score (nSPS) is 13.7. The summed E-state index contributed by atoms with van der Waals surface area (Å²) in [4.78, 5) is 0. The van der Waals surface area contributed by atoms with Gasteiger partial charge in [-0.1, -0.05) is 116 Å². The van der Waals surface area contributed by atoms with Crippen LogP contribution >= 0.6 is 0 Å². The minimum Gasteiger partial charge on any atom is -0.748 e. The van der Waals surface area contributed by atoms with Crippen molar-refractivity contribution in [3.8, 4) is 0 Å². The molecule has 0 aromatic heterocycles. The molecule has 6 heteroatoms. The van der Waals surface area contributed by atoms with Crippen LogP contribution in [0.2, 0.25) is 0 Å². The molecule has 0 saturated carbocycles. The van der Waals surface area contributed by atoms with E-state index >= 15 is 0 Å². The number of hydrogen-bond acceptors (Lipinski definition) is 4. The molecule has 0 radical (unpaired) electrons. The van der Waals surface area contributed by atoms with Gasteiger partial charge in [-0.05, 0) is 26.2 Å². The molecule has 0 aliphatic heterocycles. The summed E-state index contributed by atoms with van der Waals surface area (Å²) in [7, 11) is -4.19. The number of hydrogen-bond donors (Lipinski definition) is 1. The molecule has 0 saturated heterocycles. The fraction of sp³-hybridized carbons (Fsp3) is 1.00. The molecule has 0 aromatic rings. The Morgan fingerprint density at radius 3 is 1.27 bits per heavy atom. The van der Waals surface area contributed by atoms with Gasteiger partial charge in [0.05, 0.1) is 16.2 Å². The topological polar surface area (TPSA) is 77.4 Å². The third-order valence-electron chi connectivity index (χ3n) is 5.94. The van der Waals surface area contributed by atoms with Crippen molar-refractivity contribution in [2.75, 3.05) is 0 Å². The fourth-order valence-corrected chi connectivity index (χ4v) is 4.90. The maximum absolute atomic E-state index is 11.5. The summed E-state index contributed by atoms with van der Waals surface area (Å²) < 4.78 is 34.4. The van der Waals surface area contributed by atoms with Crippen LogP contribution in [0.5, 0.6) is 0 Å². The van der Waals surface area contributed by atoms with Crippen LogP contribution in [-0.4, -0.2) is 29.4 Å². The van der Waals surface area contributed by atoms with Crippen molar-refractivity contribution < 1.29 is 69.5 Å². The quantitative estimate of drug-likeness (QED) is 0.146. The monoisotopic (exact) mass is 472 g/mol. The van der Waals surface area contributed by atoms with Crippen LogP contribution in [-0.2, 0) is 10.1 Å². The second-order valence-electron chi connectivity index (χ2n) is 8.99. The zero-order valence-corrected chi connectivity index (χ0v) is 24.3. The van der Waals surface area contributed by atoms with Crippen molar-refractivity contribution in [2.45, 2.75) is 154 Å². The van der Waals surface area contributed by atoms with Gasteiger partial charge in [0, 0.05) is 5.25 Å². The summed E-state index contributed by atoms with van der Waals surface area (Å²) >= 11 is 0. The second kappa shape index (κ2) is 23.7. The molecule has 0 bridgehead atoms. The summed E-state index contributed by atoms with van der Waals surface area (Å²) in [6.07, 6.45) is 21.8. The molecule has 4 nitrogen and oxygen atoms in total. The average Bonchev–Trinajstić information content (AvgIpc) is 2.65. The van der Waals surface area contributed by atoms with E-state index in [0.29, 0.717) is 12.8 Å². The summed E-state index contributed by atoms with van der Waals surface area (Å²) in [5, 5.41) is 8.52. The molecule has 0 aliphatic rings. The summed E-state index contributed by atoms with van der Waals surface area (Å²) in [5.41, 5.74) is 0. The van der Waals surface area contributed by atoms with Gasteiger partial charge in [-0.3, -0.25) is 0 Å². The first-order valence-electron chi connectivity index (χ1n) is 12.5. The molecule has 0 heterocycles. The number of aliphatic hydroxyl groups excluding tert-OH is 1. The van der Waals surface area contributed by atoms with Gasteiger partial charge >= 0.3 is 51.4 Å². The smallest absolute Gasteiger partial charge is 0.748 e. The predicted octanol–water partition coefficient (Wildman–Crippen LogP) is 4.11. The Morgan fingerprint density at radius 2 is 0.933 bits per heavy atom. The second-order valence-corrected chi connectivity index (χ2v) is 10.6. The minimum absolute atomic E-state index is 0. The van der Waals surface area contributed by atoms with E-state index in [1.54, 1.807) is 6.92 Å². The Morgan fingerprint density at radius 1 is 0.633 bits per heavy atom. The average molecular weight is 473 g/mol. The van der Waals surface area contributed by atoms with Crippen LogP contribution in [0.1, 0.15) is 142 Å². The van der Waals surface area contributed by atoms with Crippen LogP contribution < -0.4 is 51.4 Å². The van der Waals surface area contributed by atoms with Crippen molar-refractivity contribution in [3.05, 3.63) is 0 Å².